The van der Waals surface area contributed by atoms with Gasteiger partial charge in [0.15, 0.2) is 0 Å². The Labute approximate surface area is 116 Å². The first-order chi connectivity index (χ1) is 9.11. The van der Waals surface area contributed by atoms with E-state index in [-0.39, 0.29) is 5.56 Å². The highest BCUT2D eigenvalue weighted by molar-refractivity contribution is 7.98. The molecule has 0 radical (unpaired) electrons. The quantitative estimate of drug-likeness (QED) is 0.841. The van der Waals surface area contributed by atoms with Gasteiger partial charge in [-0.05, 0) is 49.6 Å². The van der Waals surface area contributed by atoms with E-state index in [1.807, 2.05) is 30.5 Å². The third-order valence-electron chi connectivity index (χ3n) is 2.72. The van der Waals surface area contributed by atoms with Crippen LogP contribution < -0.4 is 4.74 Å². The van der Waals surface area contributed by atoms with E-state index in [4.69, 9.17) is 4.74 Å². The van der Waals surface area contributed by atoms with Crippen molar-refractivity contribution in [1.29, 1.82) is 0 Å². The molecule has 2 nitrogen and oxygen atoms in total. The van der Waals surface area contributed by atoms with Crippen LogP contribution in [0.3, 0.4) is 0 Å². The van der Waals surface area contributed by atoms with Crippen molar-refractivity contribution >= 4 is 11.8 Å². The molecule has 19 heavy (non-hydrogen) atoms. The van der Waals surface area contributed by atoms with Crippen molar-refractivity contribution in [3.8, 4) is 11.5 Å². The fourth-order valence-electron chi connectivity index (χ4n) is 1.78. The SMILES string of the molecule is CSc1ccc(Oc2cccc(F)c2C(C)O)cc1. The number of hydrogen-bond donors (Lipinski definition) is 1. The van der Waals surface area contributed by atoms with E-state index in [9.17, 15) is 9.50 Å². The highest BCUT2D eigenvalue weighted by atomic mass is 32.2. The second kappa shape index (κ2) is 6.08. The van der Waals surface area contributed by atoms with Crippen molar-refractivity contribution < 1.29 is 14.2 Å². The lowest BCUT2D eigenvalue weighted by Crippen LogP contribution is -1.99. The van der Waals surface area contributed by atoms with Gasteiger partial charge in [0.1, 0.15) is 17.3 Å². The van der Waals surface area contributed by atoms with Gasteiger partial charge in [0.05, 0.1) is 11.7 Å². The van der Waals surface area contributed by atoms with Gasteiger partial charge >= 0.3 is 0 Å². The van der Waals surface area contributed by atoms with E-state index in [1.165, 1.54) is 13.0 Å². The summed E-state index contributed by atoms with van der Waals surface area (Å²) in [5, 5.41) is 9.62. The summed E-state index contributed by atoms with van der Waals surface area (Å²) in [6.45, 7) is 1.52. The first kappa shape index (κ1) is 13.9. The highest BCUT2D eigenvalue weighted by Gasteiger charge is 2.15. The smallest absolute Gasteiger partial charge is 0.136 e. The average Bonchev–Trinajstić information content (AvgIpc) is 2.39. The van der Waals surface area contributed by atoms with Gasteiger partial charge in [-0.1, -0.05) is 6.07 Å². The van der Waals surface area contributed by atoms with Gasteiger partial charge < -0.3 is 9.84 Å². The number of hydrogen-bond acceptors (Lipinski definition) is 3. The summed E-state index contributed by atoms with van der Waals surface area (Å²) < 4.78 is 19.3. The monoisotopic (exact) mass is 278 g/mol. The number of benzene rings is 2. The Morgan fingerprint density at radius 1 is 1.16 bits per heavy atom. The average molecular weight is 278 g/mol. The maximum atomic E-state index is 13.7. The van der Waals surface area contributed by atoms with Crippen molar-refractivity contribution in [2.45, 2.75) is 17.9 Å². The zero-order chi connectivity index (χ0) is 13.8. The van der Waals surface area contributed by atoms with E-state index >= 15 is 0 Å². The molecule has 1 N–H and O–H groups in total. The molecule has 0 aliphatic rings. The molecule has 0 aliphatic carbocycles. The number of thioether (sulfide) groups is 1. The molecule has 0 saturated carbocycles. The Hall–Kier alpha value is -1.52. The summed E-state index contributed by atoms with van der Waals surface area (Å²) >= 11 is 1.64. The molecule has 0 fully saturated rings. The van der Waals surface area contributed by atoms with Crippen LogP contribution in [0, 0.1) is 5.82 Å². The molecule has 0 bridgehead atoms. The van der Waals surface area contributed by atoms with Crippen LogP contribution in [-0.2, 0) is 0 Å². The minimum Gasteiger partial charge on any atom is -0.457 e. The van der Waals surface area contributed by atoms with Gasteiger partial charge in [-0.25, -0.2) is 4.39 Å². The van der Waals surface area contributed by atoms with Crippen LogP contribution >= 0.6 is 11.8 Å². The standard InChI is InChI=1S/C15H15FO2S/c1-10(17)15-13(16)4-3-5-14(15)18-11-6-8-12(19-2)9-7-11/h3-10,17H,1-2H3. The van der Waals surface area contributed by atoms with Crippen LogP contribution in [0.15, 0.2) is 47.4 Å². The minimum atomic E-state index is -0.915. The summed E-state index contributed by atoms with van der Waals surface area (Å²) in [6.07, 6.45) is 1.08. The van der Waals surface area contributed by atoms with Crippen molar-refractivity contribution in [2.75, 3.05) is 6.26 Å². The van der Waals surface area contributed by atoms with Crippen LogP contribution in [0.4, 0.5) is 4.39 Å². The predicted octanol–water partition coefficient (Wildman–Crippen LogP) is 4.39. The van der Waals surface area contributed by atoms with E-state index in [1.54, 1.807) is 23.9 Å². The van der Waals surface area contributed by atoms with Crippen molar-refractivity contribution in [3.05, 3.63) is 53.8 Å². The summed E-state index contributed by atoms with van der Waals surface area (Å²) in [7, 11) is 0. The van der Waals surface area contributed by atoms with Crippen LogP contribution in [-0.4, -0.2) is 11.4 Å². The topological polar surface area (TPSA) is 29.5 Å². The lowest BCUT2D eigenvalue weighted by atomic mass is 10.1. The molecule has 2 rings (SSSR count). The maximum absolute atomic E-state index is 13.7. The Kier molecular flexibility index (Phi) is 4.45. The Bertz CT molecular complexity index is 553. The maximum Gasteiger partial charge on any atom is 0.136 e. The lowest BCUT2D eigenvalue weighted by Gasteiger charge is -2.14. The van der Waals surface area contributed by atoms with Gasteiger partial charge in [0, 0.05) is 4.90 Å². The fourth-order valence-corrected chi connectivity index (χ4v) is 2.19. The summed E-state index contributed by atoms with van der Waals surface area (Å²) in [5.74, 6) is 0.491. The third-order valence-corrected chi connectivity index (χ3v) is 3.46. The second-order valence-corrected chi connectivity index (χ2v) is 4.98. The summed E-state index contributed by atoms with van der Waals surface area (Å²) in [4.78, 5) is 1.13. The van der Waals surface area contributed by atoms with Crippen molar-refractivity contribution in [2.24, 2.45) is 0 Å². The van der Waals surface area contributed by atoms with Gasteiger partial charge in [-0.3, -0.25) is 0 Å². The highest BCUT2D eigenvalue weighted by Crippen LogP contribution is 2.32. The van der Waals surface area contributed by atoms with Gasteiger partial charge in [0.25, 0.3) is 0 Å². The van der Waals surface area contributed by atoms with Crippen molar-refractivity contribution in [1.82, 2.24) is 0 Å². The van der Waals surface area contributed by atoms with Crippen LogP contribution in [0.2, 0.25) is 0 Å². The normalized spacial score (nSPS) is 12.2. The molecule has 2 aromatic carbocycles. The number of aliphatic hydroxyl groups excluding tert-OH is 1. The van der Waals surface area contributed by atoms with Crippen molar-refractivity contribution in [3.63, 3.8) is 0 Å². The summed E-state index contributed by atoms with van der Waals surface area (Å²) in [6, 6.07) is 12.0. The zero-order valence-electron chi connectivity index (χ0n) is 10.8. The summed E-state index contributed by atoms with van der Waals surface area (Å²) in [5.41, 5.74) is 0.177. The molecule has 1 unspecified atom stereocenters. The van der Waals surface area contributed by atoms with E-state index < -0.39 is 11.9 Å². The first-order valence-corrected chi connectivity index (χ1v) is 7.12. The van der Waals surface area contributed by atoms with Gasteiger partial charge in [-0.2, -0.15) is 0 Å². The second-order valence-electron chi connectivity index (χ2n) is 4.11. The molecular formula is C15H15FO2S. The van der Waals surface area contributed by atoms with Gasteiger partial charge in [-0.15, -0.1) is 11.8 Å². The largest absolute Gasteiger partial charge is 0.457 e. The molecule has 0 spiro atoms. The van der Waals surface area contributed by atoms with Crippen LogP contribution in [0.5, 0.6) is 11.5 Å². The number of ether oxygens (including phenoxy) is 1. The predicted molar refractivity (Wildman–Crippen MR) is 75.3 cm³/mol. The Morgan fingerprint density at radius 2 is 1.84 bits per heavy atom. The Balaban J connectivity index is 2.29. The minimum absolute atomic E-state index is 0.177. The first-order valence-electron chi connectivity index (χ1n) is 5.90. The third kappa shape index (κ3) is 3.28. The van der Waals surface area contributed by atoms with E-state index in [0.29, 0.717) is 11.5 Å². The van der Waals surface area contributed by atoms with E-state index in [0.717, 1.165) is 4.90 Å². The number of rotatable bonds is 4. The molecule has 0 amide bonds. The molecule has 0 saturated heterocycles. The molecule has 0 heterocycles. The number of halogens is 1. The van der Waals surface area contributed by atoms with Gasteiger partial charge in [0.2, 0.25) is 0 Å². The molecule has 0 aliphatic heterocycles. The molecule has 4 heteroatoms. The van der Waals surface area contributed by atoms with E-state index in [2.05, 4.69) is 0 Å². The van der Waals surface area contributed by atoms with Crippen LogP contribution in [0.25, 0.3) is 0 Å². The molecule has 0 aromatic heterocycles. The lowest BCUT2D eigenvalue weighted by molar-refractivity contribution is 0.190. The molecule has 100 valence electrons. The fraction of sp³-hybridized carbons (Fsp3) is 0.200. The molecular weight excluding hydrogens is 263 g/mol. The van der Waals surface area contributed by atoms with Crippen LogP contribution in [0.1, 0.15) is 18.6 Å². The molecule has 1 atom stereocenters. The zero-order valence-corrected chi connectivity index (χ0v) is 11.6. The molecule has 2 aromatic rings. The Morgan fingerprint density at radius 3 is 2.42 bits per heavy atom. The number of aliphatic hydroxyl groups is 1.